The fourth-order valence-corrected chi connectivity index (χ4v) is 1.83. The lowest BCUT2D eigenvalue weighted by atomic mass is 10.2. The molecule has 2 aromatic carbocycles. The largest absolute Gasteiger partial charge is 0.497 e. The van der Waals surface area contributed by atoms with Crippen molar-refractivity contribution in [2.24, 2.45) is 0 Å². The number of amides is 2. The Morgan fingerprint density at radius 2 is 1.55 bits per heavy atom. The van der Waals surface area contributed by atoms with Gasteiger partial charge in [0.25, 0.3) is 11.8 Å². The van der Waals surface area contributed by atoms with Crippen molar-refractivity contribution in [2.45, 2.75) is 0 Å². The van der Waals surface area contributed by atoms with Crippen LogP contribution in [0.1, 0.15) is 20.7 Å². The monoisotopic (exact) mass is 300 g/mol. The zero-order valence-electron chi connectivity index (χ0n) is 12.3. The maximum atomic E-state index is 12.1. The number of hydrogen-bond donors (Lipinski definition) is 2. The van der Waals surface area contributed by atoms with E-state index in [1.54, 1.807) is 48.5 Å². The SMILES string of the molecule is COc1ccc(C(=O)NNC(=O)c2ccccc2)c(OC)c1. The zero-order valence-corrected chi connectivity index (χ0v) is 12.3. The number of carbonyl (C=O) groups excluding carboxylic acids is 2. The molecule has 2 aromatic rings. The van der Waals surface area contributed by atoms with Crippen LogP contribution in [0.3, 0.4) is 0 Å². The third kappa shape index (κ3) is 3.54. The molecule has 2 amide bonds. The first-order chi connectivity index (χ1) is 10.7. The molecule has 2 N–H and O–H groups in total. The van der Waals surface area contributed by atoms with Gasteiger partial charge in [0.1, 0.15) is 11.5 Å². The number of hydrazine groups is 1. The van der Waals surface area contributed by atoms with Crippen LogP contribution in [-0.2, 0) is 0 Å². The molecule has 0 aliphatic rings. The highest BCUT2D eigenvalue weighted by Crippen LogP contribution is 2.24. The van der Waals surface area contributed by atoms with E-state index >= 15 is 0 Å². The fourth-order valence-electron chi connectivity index (χ4n) is 1.83. The van der Waals surface area contributed by atoms with E-state index in [1.165, 1.54) is 14.2 Å². The van der Waals surface area contributed by atoms with E-state index in [0.717, 1.165) is 0 Å². The van der Waals surface area contributed by atoms with E-state index in [2.05, 4.69) is 10.9 Å². The summed E-state index contributed by atoms with van der Waals surface area (Å²) < 4.78 is 10.2. The molecular weight excluding hydrogens is 284 g/mol. The van der Waals surface area contributed by atoms with Gasteiger partial charge in [-0.1, -0.05) is 18.2 Å². The molecule has 0 fully saturated rings. The van der Waals surface area contributed by atoms with Crippen LogP contribution in [0, 0.1) is 0 Å². The summed E-state index contributed by atoms with van der Waals surface area (Å²) >= 11 is 0. The standard InChI is InChI=1S/C16H16N2O4/c1-21-12-8-9-13(14(10-12)22-2)16(20)18-17-15(19)11-6-4-3-5-7-11/h3-10H,1-2H3,(H,17,19)(H,18,20). The van der Waals surface area contributed by atoms with Gasteiger partial charge >= 0.3 is 0 Å². The van der Waals surface area contributed by atoms with Gasteiger partial charge < -0.3 is 9.47 Å². The van der Waals surface area contributed by atoms with Gasteiger partial charge in [-0.05, 0) is 24.3 Å². The minimum Gasteiger partial charge on any atom is -0.497 e. The van der Waals surface area contributed by atoms with Crippen molar-refractivity contribution < 1.29 is 19.1 Å². The number of nitrogens with one attached hydrogen (secondary N) is 2. The second-order valence-electron chi connectivity index (χ2n) is 4.34. The second kappa shape index (κ2) is 7.12. The maximum absolute atomic E-state index is 12.1. The number of hydrogen-bond acceptors (Lipinski definition) is 4. The topological polar surface area (TPSA) is 76.7 Å². The van der Waals surface area contributed by atoms with Gasteiger partial charge in [-0.2, -0.15) is 0 Å². The Labute approximate surface area is 128 Å². The number of rotatable bonds is 4. The van der Waals surface area contributed by atoms with Gasteiger partial charge in [0.15, 0.2) is 0 Å². The Morgan fingerprint density at radius 3 is 2.18 bits per heavy atom. The molecule has 0 radical (unpaired) electrons. The average Bonchev–Trinajstić information content (AvgIpc) is 2.59. The summed E-state index contributed by atoms with van der Waals surface area (Å²) in [6.45, 7) is 0. The molecule has 22 heavy (non-hydrogen) atoms. The molecule has 0 aliphatic carbocycles. The first-order valence-corrected chi connectivity index (χ1v) is 6.53. The molecule has 0 atom stereocenters. The van der Waals surface area contributed by atoms with Gasteiger partial charge in [0.2, 0.25) is 0 Å². The van der Waals surface area contributed by atoms with Crippen LogP contribution in [0.15, 0.2) is 48.5 Å². The number of carbonyl (C=O) groups is 2. The Hall–Kier alpha value is -3.02. The quantitative estimate of drug-likeness (QED) is 0.844. The van der Waals surface area contributed by atoms with Crippen molar-refractivity contribution >= 4 is 11.8 Å². The van der Waals surface area contributed by atoms with E-state index < -0.39 is 11.8 Å². The molecule has 0 saturated heterocycles. The Balaban J connectivity index is 2.05. The van der Waals surface area contributed by atoms with E-state index in [9.17, 15) is 9.59 Å². The Kier molecular flexibility index (Phi) is 4.98. The van der Waals surface area contributed by atoms with Crippen molar-refractivity contribution in [3.05, 3.63) is 59.7 Å². The normalized spacial score (nSPS) is 9.73. The van der Waals surface area contributed by atoms with E-state index in [4.69, 9.17) is 9.47 Å². The van der Waals surface area contributed by atoms with Gasteiger partial charge in [-0.3, -0.25) is 20.4 Å². The minimum absolute atomic E-state index is 0.289. The minimum atomic E-state index is -0.483. The van der Waals surface area contributed by atoms with Crippen LogP contribution in [0.2, 0.25) is 0 Å². The van der Waals surface area contributed by atoms with Gasteiger partial charge in [-0.15, -0.1) is 0 Å². The van der Waals surface area contributed by atoms with E-state index in [-0.39, 0.29) is 5.56 Å². The molecule has 0 bridgehead atoms. The zero-order chi connectivity index (χ0) is 15.9. The highest BCUT2D eigenvalue weighted by Gasteiger charge is 2.14. The predicted molar refractivity (Wildman–Crippen MR) is 80.9 cm³/mol. The predicted octanol–water partition coefficient (Wildman–Crippen LogP) is 1.78. The smallest absolute Gasteiger partial charge is 0.273 e. The molecule has 6 heteroatoms. The van der Waals surface area contributed by atoms with Crippen LogP contribution in [0.25, 0.3) is 0 Å². The average molecular weight is 300 g/mol. The lowest BCUT2D eigenvalue weighted by Crippen LogP contribution is -2.41. The molecule has 6 nitrogen and oxygen atoms in total. The highest BCUT2D eigenvalue weighted by molar-refractivity contribution is 6.00. The Morgan fingerprint density at radius 1 is 0.864 bits per heavy atom. The first kappa shape index (κ1) is 15.4. The van der Waals surface area contributed by atoms with E-state index in [0.29, 0.717) is 17.1 Å². The molecular formula is C16H16N2O4. The van der Waals surface area contributed by atoms with Crippen LogP contribution >= 0.6 is 0 Å². The van der Waals surface area contributed by atoms with Crippen LogP contribution in [0.5, 0.6) is 11.5 Å². The van der Waals surface area contributed by atoms with Gasteiger partial charge in [-0.25, -0.2) is 0 Å². The summed E-state index contributed by atoms with van der Waals surface area (Å²) in [5, 5.41) is 0. The summed E-state index contributed by atoms with van der Waals surface area (Å²) in [4.78, 5) is 24.0. The van der Waals surface area contributed by atoms with E-state index in [1.807, 2.05) is 0 Å². The number of ether oxygens (including phenoxy) is 2. The highest BCUT2D eigenvalue weighted by atomic mass is 16.5. The van der Waals surface area contributed by atoms with Gasteiger partial charge in [0.05, 0.1) is 19.8 Å². The molecule has 0 aromatic heterocycles. The Bertz CT molecular complexity index is 671. The summed E-state index contributed by atoms with van der Waals surface area (Å²) in [7, 11) is 2.97. The summed E-state index contributed by atoms with van der Waals surface area (Å²) in [6, 6.07) is 13.4. The molecule has 2 rings (SSSR count). The fraction of sp³-hybridized carbons (Fsp3) is 0.125. The maximum Gasteiger partial charge on any atom is 0.273 e. The van der Waals surface area contributed by atoms with Crippen molar-refractivity contribution in [1.82, 2.24) is 10.9 Å². The third-order valence-corrected chi connectivity index (χ3v) is 2.98. The summed E-state index contributed by atoms with van der Waals surface area (Å²) in [5.41, 5.74) is 5.44. The summed E-state index contributed by atoms with van der Waals surface area (Å²) in [5.74, 6) is 0.0396. The van der Waals surface area contributed by atoms with Crippen molar-refractivity contribution in [3.8, 4) is 11.5 Å². The third-order valence-electron chi connectivity index (χ3n) is 2.98. The molecule has 0 aliphatic heterocycles. The lowest BCUT2D eigenvalue weighted by Gasteiger charge is -2.11. The van der Waals surface area contributed by atoms with Crippen molar-refractivity contribution in [2.75, 3.05) is 14.2 Å². The van der Waals surface area contributed by atoms with Crippen LogP contribution in [-0.4, -0.2) is 26.0 Å². The molecule has 0 heterocycles. The number of methoxy groups -OCH3 is 2. The molecule has 114 valence electrons. The van der Waals surface area contributed by atoms with Crippen molar-refractivity contribution in [1.29, 1.82) is 0 Å². The lowest BCUT2D eigenvalue weighted by molar-refractivity contribution is 0.0845. The van der Waals surface area contributed by atoms with Crippen LogP contribution in [0.4, 0.5) is 0 Å². The van der Waals surface area contributed by atoms with Crippen LogP contribution < -0.4 is 20.3 Å². The van der Waals surface area contributed by atoms with Crippen molar-refractivity contribution in [3.63, 3.8) is 0 Å². The molecule has 0 spiro atoms. The molecule has 0 unspecified atom stereocenters. The first-order valence-electron chi connectivity index (χ1n) is 6.53. The molecule has 0 saturated carbocycles. The second-order valence-corrected chi connectivity index (χ2v) is 4.34. The summed E-state index contributed by atoms with van der Waals surface area (Å²) in [6.07, 6.45) is 0. The van der Waals surface area contributed by atoms with Gasteiger partial charge in [0, 0.05) is 11.6 Å². The number of benzene rings is 2.